The van der Waals surface area contributed by atoms with Crippen molar-refractivity contribution in [2.24, 2.45) is 0 Å². The summed E-state index contributed by atoms with van der Waals surface area (Å²) in [7, 11) is -0.475. The van der Waals surface area contributed by atoms with E-state index in [-0.39, 0.29) is 11.6 Å². The van der Waals surface area contributed by atoms with Crippen LogP contribution in [-0.2, 0) is 10.0 Å². The Morgan fingerprint density at radius 1 is 1.00 bits per heavy atom. The van der Waals surface area contributed by atoms with Gasteiger partial charge in [-0.2, -0.15) is 0 Å². The maximum absolute atomic E-state index is 11.7. The smallest absolute Gasteiger partial charge is 0.231 e. The summed E-state index contributed by atoms with van der Waals surface area (Å²) < 4.78 is 36.2. The van der Waals surface area contributed by atoms with E-state index in [9.17, 15) is 8.42 Å². The fourth-order valence-corrected chi connectivity index (χ4v) is 2.74. The highest BCUT2D eigenvalue weighted by atomic mass is 32.2. The van der Waals surface area contributed by atoms with Gasteiger partial charge < -0.3 is 14.8 Å². The maximum Gasteiger partial charge on any atom is 0.231 e. The zero-order valence-electron chi connectivity index (χ0n) is 14.3. The summed E-state index contributed by atoms with van der Waals surface area (Å²) in [4.78, 5) is 12.8. The molecule has 0 spiro atoms. The highest BCUT2D eigenvalue weighted by molar-refractivity contribution is 7.92. The zero-order valence-corrected chi connectivity index (χ0v) is 15.2. The van der Waals surface area contributed by atoms with Crippen LogP contribution in [0.15, 0.2) is 36.5 Å². The van der Waals surface area contributed by atoms with Crippen LogP contribution in [0, 0.1) is 0 Å². The molecule has 0 bridgehead atoms. The summed E-state index contributed by atoms with van der Waals surface area (Å²) in [6.07, 6.45) is 2.62. The summed E-state index contributed by atoms with van der Waals surface area (Å²) >= 11 is 0. The second-order valence-corrected chi connectivity index (χ2v) is 7.12. The molecule has 26 heavy (non-hydrogen) atoms. The molecule has 1 aromatic carbocycles. The van der Waals surface area contributed by atoms with Gasteiger partial charge in [-0.1, -0.05) is 0 Å². The first-order valence-corrected chi connectivity index (χ1v) is 9.38. The molecule has 0 saturated carbocycles. The number of anilines is 3. The number of aromatic nitrogens is 3. The third kappa shape index (κ3) is 4.09. The van der Waals surface area contributed by atoms with Crippen molar-refractivity contribution >= 4 is 38.5 Å². The SMILES string of the molecule is COc1cc(Nc2nc3ncccc3nc2NS(C)(=O)=O)cc(OC)c1. The van der Waals surface area contributed by atoms with Crippen LogP contribution in [0.4, 0.5) is 17.3 Å². The predicted molar refractivity (Wildman–Crippen MR) is 98.6 cm³/mol. The normalized spacial score (nSPS) is 11.2. The molecule has 2 aromatic heterocycles. The van der Waals surface area contributed by atoms with Gasteiger partial charge in [0.25, 0.3) is 0 Å². The Bertz CT molecular complexity index is 1030. The minimum atomic E-state index is -3.55. The first kappa shape index (κ1) is 17.7. The molecular formula is C16H17N5O4S. The molecule has 0 aliphatic carbocycles. The van der Waals surface area contributed by atoms with E-state index < -0.39 is 10.0 Å². The first-order chi connectivity index (χ1) is 12.4. The number of nitrogens with zero attached hydrogens (tertiary/aromatic N) is 3. The Morgan fingerprint density at radius 3 is 2.31 bits per heavy atom. The summed E-state index contributed by atoms with van der Waals surface area (Å²) in [5.74, 6) is 1.40. The summed E-state index contributed by atoms with van der Waals surface area (Å²) in [5, 5.41) is 3.04. The minimum absolute atomic E-state index is 0.0646. The number of methoxy groups -OCH3 is 2. The van der Waals surface area contributed by atoms with Crippen LogP contribution in [0.1, 0.15) is 0 Å². The van der Waals surface area contributed by atoms with Gasteiger partial charge in [0.05, 0.1) is 20.5 Å². The van der Waals surface area contributed by atoms with Crippen molar-refractivity contribution in [2.45, 2.75) is 0 Å². The van der Waals surface area contributed by atoms with E-state index in [4.69, 9.17) is 9.47 Å². The number of sulfonamides is 1. The molecule has 2 heterocycles. The molecule has 0 amide bonds. The molecule has 0 atom stereocenters. The Hall–Kier alpha value is -3.14. The van der Waals surface area contributed by atoms with Gasteiger partial charge in [-0.15, -0.1) is 0 Å². The van der Waals surface area contributed by atoms with Crippen molar-refractivity contribution in [1.29, 1.82) is 0 Å². The topological polar surface area (TPSA) is 115 Å². The van der Waals surface area contributed by atoms with Crippen molar-refractivity contribution in [3.63, 3.8) is 0 Å². The molecule has 0 fully saturated rings. The van der Waals surface area contributed by atoms with E-state index in [1.165, 1.54) is 14.2 Å². The van der Waals surface area contributed by atoms with Crippen LogP contribution >= 0.6 is 0 Å². The van der Waals surface area contributed by atoms with Crippen molar-refractivity contribution < 1.29 is 17.9 Å². The van der Waals surface area contributed by atoms with Gasteiger partial charge in [-0.3, -0.25) is 4.72 Å². The third-order valence-corrected chi connectivity index (χ3v) is 3.90. The van der Waals surface area contributed by atoms with Crippen LogP contribution in [0.3, 0.4) is 0 Å². The van der Waals surface area contributed by atoms with Crippen LogP contribution in [0.2, 0.25) is 0 Å². The monoisotopic (exact) mass is 375 g/mol. The van der Waals surface area contributed by atoms with Gasteiger partial charge in [0, 0.05) is 30.1 Å². The average Bonchev–Trinajstić information content (AvgIpc) is 2.60. The predicted octanol–water partition coefficient (Wildman–Crippen LogP) is 2.16. The Balaban J connectivity index is 2.09. The number of pyridine rings is 1. The van der Waals surface area contributed by atoms with Crippen LogP contribution in [0.5, 0.6) is 11.5 Å². The van der Waals surface area contributed by atoms with Crippen LogP contribution < -0.4 is 19.5 Å². The lowest BCUT2D eigenvalue weighted by Crippen LogP contribution is -2.13. The molecule has 0 aliphatic heterocycles. The lowest BCUT2D eigenvalue weighted by Gasteiger charge is -2.13. The van der Waals surface area contributed by atoms with Crippen molar-refractivity contribution in [2.75, 3.05) is 30.5 Å². The van der Waals surface area contributed by atoms with Gasteiger partial charge in [0.2, 0.25) is 10.0 Å². The fraction of sp³-hybridized carbons (Fsp3) is 0.188. The Kier molecular flexibility index (Phi) is 4.76. The second-order valence-electron chi connectivity index (χ2n) is 5.37. The molecule has 0 radical (unpaired) electrons. The molecule has 2 N–H and O–H groups in total. The fourth-order valence-electron chi connectivity index (χ4n) is 2.24. The van der Waals surface area contributed by atoms with E-state index >= 15 is 0 Å². The van der Waals surface area contributed by atoms with Crippen molar-refractivity contribution in [1.82, 2.24) is 15.0 Å². The van der Waals surface area contributed by atoms with Crippen LogP contribution in [-0.4, -0.2) is 43.8 Å². The second kappa shape index (κ2) is 7.00. The van der Waals surface area contributed by atoms with Gasteiger partial charge in [-0.05, 0) is 12.1 Å². The maximum atomic E-state index is 11.7. The molecule has 9 nitrogen and oxygen atoms in total. The Labute approximate surface area is 150 Å². The summed E-state index contributed by atoms with van der Waals surface area (Å²) in [5.41, 5.74) is 1.43. The summed E-state index contributed by atoms with van der Waals surface area (Å²) in [6, 6.07) is 8.55. The number of nitrogens with one attached hydrogen (secondary N) is 2. The summed E-state index contributed by atoms with van der Waals surface area (Å²) in [6.45, 7) is 0. The number of fused-ring (bicyclic) bond motifs is 1. The molecular weight excluding hydrogens is 358 g/mol. The number of rotatable bonds is 6. The number of hydrogen-bond acceptors (Lipinski definition) is 8. The highest BCUT2D eigenvalue weighted by Crippen LogP contribution is 2.30. The molecule has 3 aromatic rings. The third-order valence-electron chi connectivity index (χ3n) is 3.34. The van der Waals surface area contributed by atoms with Crippen LogP contribution in [0.25, 0.3) is 11.2 Å². The Morgan fingerprint density at radius 2 is 1.69 bits per heavy atom. The van der Waals surface area contributed by atoms with E-state index in [0.29, 0.717) is 28.4 Å². The van der Waals surface area contributed by atoms with Crippen molar-refractivity contribution in [3.8, 4) is 11.5 Å². The highest BCUT2D eigenvalue weighted by Gasteiger charge is 2.14. The van der Waals surface area contributed by atoms with Gasteiger partial charge in [-0.25, -0.2) is 23.4 Å². The molecule has 3 rings (SSSR count). The average molecular weight is 375 g/mol. The molecule has 0 aliphatic rings. The van der Waals surface area contributed by atoms with E-state index in [1.807, 2.05) is 0 Å². The number of hydrogen-bond donors (Lipinski definition) is 2. The minimum Gasteiger partial charge on any atom is -0.497 e. The van der Waals surface area contributed by atoms with Gasteiger partial charge in [0.1, 0.15) is 17.0 Å². The van der Waals surface area contributed by atoms with Crippen molar-refractivity contribution in [3.05, 3.63) is 36.5 Å². The standard InChI is InChI=1S/C16H17N5O4S/c1-24-11-7-10(8-12(9-11)25-2)18-15-16(21-26(3,22)23)19-13-5-4-6-17-14(13)20-15/h4-9H,1-3H3,(H,19,21)(H,17,18,20). The largest absolute Gasteiger partial charge is 0.497 e. The molecule has 0 unspecified atom stereocenters. The number of benzene rings is 1. The number of ether oxygens (including phenoxy) is 2. The quantitative estimate of drug-likeness (QED) is 0.673. The van der Waals surface area contributed by atoms with Gasteiger partial charge in [0.15, 0.2) is 17.3 Å². The molecule has 0 saturated heterocycles. The zero-order chi connectivity index (χ0) is 18.7. The molecule has 136 valence electrons. The van der Waals surface area contributed by atoms with E-state index in [1.54, 1.807) is 36.5 Å². The lowest BCUT2D eigenvalue weighted by molar-refractivity contribution is 0.395. The molecule has 10 heteroatoms. The van der Waals surface area contributed by atoms with Gasteiger partial charge >= 0.3 is 0 Å². The van der Waals surface area contributed by atoms with E-state index in [2.05, 4.69) is 25.0 Å². The lowest BCUT2D eigenvalue weighted by atomic mass is 10.2. The first-order valence-electron chi connectivity index (χ1n) is 7.48. The van der Waals surface area contributed by atoms with E-state index in [0.717, 1.165) is 6.26 Å².